The average Bonchev–Trinajstić information content (AvgIpc) is 2.60. The molecule has 0 aliphatic carbocycles. The molecule has 0 radical (unpaired) electrons. The maximum atomic E-state index is 13.3. The van der Waals surface area contributed by atoms with Crippen molar-refractivity contribution in [1.82, 2.24) is 0 Å². The molecule has 0 amide bonds. The maximum absolute atomic E-state index is 13.3. The Kier molecular flexibility index (Phi) is 4.82. The molecule has 1 N–H and O–H groups in total. The lowest BCUT2D eigenvalue weighted by atomic mass is 10.2. The smallest absolute Gasteiger partial charge is 0.145 e. The number of β-amino-alcohol motifs (C(OH)–C–C–N with tert-alkyl or cyclic N) is 1. The monoisotopic (exact) mass is 328 g/mol. The Morgan fingerprint density at radius 1 is 1.29 bits per heavy atom. The molecule has 2 aromatic carbocycles. The first kappa shape index (κ1) is 16.1. The molecule has 0 saturated heterocycles. The van der Waals surface area contributed by atoms with Gasteiger partial charge in [0, 0.05) is 12.6 Å². The zero-order valence-electron chi connectivity index (χ0n) is 13.0. The lowest BCUT2D eigenvalue weighted by Crippen LogP contribution is -2.40. The Morgan fingerprint density at radius 3 is 2.83 bits per heavy atom. The summed E-state index contributed by atoms with van der Waals surface area (Å²) in [5.41, 5.74) is 1.32. The van der Waals surface area contributed by atoms with Crippen molar-refractivity contribution in [1.29, 1.82) is 5.26 Å². The largest absolute Gasteiger partial charge is 0.491 e. The number of nitriles is 1. The first-order valence-corrected chi connectivity index (χ1v) is 7.64. The molecule has 1 aliphatic rings. The predicted octanol–water partition coefficient (Wildman–Crippen LogP) is 2.34. The van der Waals surface area contributed by atoms with Crippen LogP contribution in [0.1, 0.15) is 5.56 Å². The third-order valence-corrected chi connectivity index (χ3v) is 3.74. The quantitative estimate of drug-likeness (QED) is 0.912. The highest BCUT2D eigenvalue weighted by molar-refractivity contribution is 5.60. The second-order valence-corrected chi connectivity index (χ2v) is 5.51. The van der Waals surface area contributed by atoms with Gasteiger partial charge in [-0.3, -0.25) is 0 Å². The maximum Gasteiger partial charge on any atom is 0.145 e. The Hall–Kier alpha value is -2.78. The van der Waals surface area contributed by atoms with Crippen molar-refractivity contribution >= 4 is 5.69 Å². The highest BCUT2D eigenvalue weighted by Gasteiger charge is 2.21. The number of ether oxygens (including phenoxy) is 2. The van der Waals surface area contributed by atoms with E-state index < -0.39 is 6.10 Å². The van der Waals surface area contributed by atoms with Crippen molar-refractivity contribution in [2.24, 2.45) is 0 Å². The minimum absolute atomic E-state index is 0.125. The number of anilines is 1. The van der Waals surface area contributed by atoms with Gasteiger partial charge >= 0.3 is 0 Å². The Labute approximate surface area is 139 Å². The molecule has 24 heavy (non-hydrogen) atoms. The van der Waals surface area contributed by atoms with Gasteiger partial charge in [-0.05, 0) is 36.4 Å². The summed E-state index contributed by atoms with van der Waals surface area (Å²) in [5.74, 6) is 0.735. The lowest BCUT2D eigenvalue weighted by Gasteiger charge is -2.32. The summed E-state index contributed by atoms with van der Waals surface area (Å²) in [6.07, 6.45) is -0.711. The number of rotatable bonds is 5. The molecule has 0 aromatic heterocycles. The van der Waals surface area contributed by atoms with E-state index in [1.807, 2.05) is 11.0 Å². The van der Waals surface area contributed by atoms with E-state index in [2.05, 4.69) is 0 Å². The van der Waals surface area contributed by atoms with Crippen LogP contribution in [0.15, 0.2) is 42.5 Å². The summed E-state index contributed by atoms with van der Waals surface area (Å²) < 4.78 is 24.2. The fourth-order valence-corrected chi connectivity index (χ4v) is 2.57. The SMILES string of the molecule is N#Cc1ccc(OCC(O)CN2CCOc3cc(F)ccc32)cc1. The van der Waals surface area contributed by atoms with Crippen molar-refractivity contribution in [3.63, 3.8) is 0 Å². The van der Waals surface area contributed by atoms with Gasteiger partial charge in [0.1, 0.15) is 36.6 Å². The van der Waals surface area contributed by atoms with Crippen molar-refractivity contribution in [2.75, 3.05) is 31.2 Å². The highest BCUT2D eigenvalue weighted by Crippen LogP contribution is 2.32. The van der Waals surface area contributed by atoms with Crippen molar-refractivity contribution in [3.05, 3.63) is 53.8 Å². The number of benzene rings is 2. The van der Waals surface area contributed by atoms with Crippen LogP contribution in [0.25, 0.3) is 0 Å². The van der Waals surface area contributed by atoms with Crippen LogP contribution in [0, 0.1) is 17.1 Å². The molecule has 2 aromatic rings. The molecular formula is C18H17FN2O3. The molecule has 0 saturated carbocycles. The highest BCUT2D eigenvalue weighted by atomic mass is 19.1. The summed E-state index contributed by atoms with van der Waals surface area (Å²) in [5, 5.41) is 19.0. The van der Waals surface area contributed by atoms with Crippen LogP contribution in [-0.2, 0) is 0 Å². The third kappa shape index (κ3) is 3.76. The molecular weight excluding hydrogens is 311 g/mol. The molecule has 0 spiro atoms. The minimum atomic E-state index is -0.711. The standard InChI is InChI=1S/C18H17FN2O3/c19-14-3-6-17-18(9-14)23-8-7-21(17)11-15(22)12-24-16-4-1-13(10-20)2-5-16/h1-6,9,15,22H,7-8,11-12H2. The molecule has 124 valence electrons. The van der Waals surface area contributed by atoms with E-state index in [4.69, 9.17) is 14.7 Å². The topological polar surface area (TPSA) is 65.7 Å². The van der Waals surface area contributed by atoms with Gasteiger partial charge < -0.3 is 19.5 Å². The van der Waals surface area contributed by atoms with E-state index >= 15 is 0 Å². The molecule has 1 heterocycles. The lowest BCUT2D eigenvalue weighted by molar-refractivity contribution is 0.110. The summed E-state index contributed by atoms with van der Waals surface area (Å²) in [4.78, 5) is 1.95. The van der Waals surface area contributed by atoms with Crippen LogP contribution < -0.4 is 14.4 Å². The van der Waals surface area contributed by atoms with Crippen LogP contribution in [0.2, 0.25) is 0 Å². The Bertz CT molecular complexity index is 743. The third-order valence-electron chi connectivity index (χ3n) is 3.74. The van der Waals surface area contributed by atoms with E-state index in [1.165, 1.54) is 12.1 Å². The van der Waals surface area contributed by atoms with Gasteiger partial charge in [-0.1, -0.05) is 0 Å². The number of fused-ring (bicyclic) bond motifs is 1. The second-order valence-electron chi connectivity index (χ2n) is 5.51. The van der Waals surface area contributed by atoms with Crippen LogP contribution in [0.4, 0.5) is 10.1 Å². The van der Waals surface area contributed by atoms with Crippen LogP contribution in [0.3, 0.4) is 0 Å². The Morgan fingerprint density at radius 2 is 2.08 bits per heavy atom. The van der Waals surface area contributed by atoms with Gasteiger partial charge in [0.2, 0.25) is 0 Å². The van der Waals surface area contributed by atoms with E-state index in [9.17, 15) is 9.50 Å². The molecule has 1 aliphatic heterocycles. The van der Waals surface area contributed by atoms with E-state index in [-0.39, 0.29) is 12.4 Å². The molecule has 5 nitrogen and oxygen atoms in total. The Balaban J connectivity index is 1.57. The summed E-state index contributed by atoms with van der Waals surface area (Å²) in [6, 6.07) is 13.1. The zero-order valence-corrected chi connectivity index (χ0v) is 13.0. The van der Waals surface area contributed by atoms with Crippen molar-refractivity contribution in [3.8, 4) is 17.6 Å². The molecule has 1 atom stereocenters. The number of aliphatic hydroxyl groups excluding tert-OH is 1. The summed E-state index contributed by atoms with van der Waals surface area (Å²) in [7, 11) is 0. The van der Waals surface area contributed by atoms with Crippen molar-refractivity contribution in [2.45, 2.75) is 6.10 Å². The van der Waals surface area contributed by atoms with Gasteiger partial charge in [0.25, 0.3) is 0 Å². The molecule has 6 heteroatoms. The fourth-order valence-electron chi connectivity index (χ4n) is 2.57. The molecule has 0 bridgehead atoms. The average molecular weight is 328 g/mol. The van der Waals surface area contributed by atoms with Gasteiger partial charge in [0.15, 0.2) is 0 Å². The number of halogens is 1. The number of hydrogen-bond acceptors (Lipinski definition) is 5. The first-order chi connectivity index (χ1) is 11.7. The molecule has 3 rings (SSSR count). The van der Waals surface area contributed by atoms with E-state index in [0.717, 1.165) is 5.69 Å². The second kappa shape index (κ2) is 7.20. The number of nitrogens with zero attached hydrogens (tertiary/aromatic N) is 2. The van der Waals surface area contributed by atoms with Crippen molar-refractivity contribution < 1.29 is 19.0 Å². The van der Waals surface area contributed by atoms with Gasteiger partial charge in [-0.25, -0.2) is 4.39 Å². The number of aliphatic hydroxyl groups is 1. The summed E-state index contributed by atoms with van der Waals surface area (Å²) >= 11 is 0. The summed E-state index contributed by atoms with van der Waals surface area (Å²) in [6.45, 7) is 1.55. The minimum Gasteiger partial charge on any atom is -0.491 e. The van der Waals surface area contributed by atoms with E-state index in [1.54, 1.807) is 30.3 Å². The fraction of sp³-hybridized carbons (Fsp3) is 0.278. The molecule has 0 fully saturated rings. The van der Waals surface area contributed by atoms with Crippen LogP contribution in [-0.4, -0.2) is 37.5 Å². The predicted molar refractivity (Wildman–Crippen MR) is 86.8 cm³/mol. The van der Waals surface area contributed by atoms with Gasteiger partial charge in [-0.2, -0.15) is 5.26 Å². The van der Waals surface area contributed by atoms with Crippen LogP contribution in [0.5, 0.6) is 11.5 Å². The number of hydrogen-bond donors (Lipinski definition) is 1. The normalized spacial score (nSPS) is 14.3. The molecule has 1 unspecified atom stereocenters. The zero-order chi connectivity index (χ0) is 16.9. The first-order valence-electron chi connectivity index (χ1n) is 7.64. The van der Waals surface area contributed by atoms with Gasteiger partial charge in [-0.15, -0.1) is 0 Å². The van der Waals surface area contributed by atoms with Gasteiger partial charge in [0.05, 0.1) is 23.9 Å². The van der Waals surface area contributed by atoms with E-state index in [0.29, 0.717) is 36.8 Å². The van der Waals surface area contributed by atoms with Crippen LogP contribution >= 0.6 is 0 Å².